The number of hydrogen-bond donors (Lipinski definition) is 1. The summed E-state index contributed by atoms with van der Waals surface area (Å²) in [6.07, 6.45) is 1.84. The molecule has 0 radical (unpaired) electrons. The van der Waals surface area contributed by atoms with E-state index in [9.17, 15) is 4.79 Å². The van der Waals surface area contributed by atoms with Crippen molar-refractivity contribution >= 4 is 5.78 Å². The highest BCUT2D eigenvalue weighted by molar-refractivity contribution is 5.89. The van der Waals surface area contributed by atoms with Crippen LogP contribution < -0.4 is 5.73 Å². The van der Waals surface area contributed by atoms with E-state index < -0.39 is 5.54 Å². The molecule has 0 saturated heterocycles. The SMILES string of the molecule is CCC(N)(CC)C(=O)Cc1ccc(C(C)C)cc1. The molecule has 0 aromatic heterocycles. The number of hydrogen-bond acceptors (Lipinski definition) is 2. The van der Waals surface area contributed by atoms with Gasteiger partial charge in [-0.1, -0.05) is 52.0 Å². The van der Waals surface area contributed by atoms with Crippen molar-refractivity contribution in [1.82, 2.24) is 0 Å². The first-order valence-electron chi connectivity index (χ1n) is 6.84. The van der Waals surface area contributed by atoms with Gasteiger partial charge in [0.15, 0.2) is 5.78 Å². The van der Waals surface area contributed by atoms with E-state index in [1.807, 2.05) is 26.0 Å². The summed E-state index contributed by atoms with van der Waals surface area (Å²) in [5.74, 6) is 0.666. The van der Waals surface area contributed by atoms with E-state index in [-0.39, 0.29) is 5.78 Å². The number of ketones is 1. The highest BCUT2D eigenvalue weighted by Gasteiger charge is 2.29. The van der Waals surface area contributed by atoms with E-state index in [0.717, 1.165) is 5.56 Å². The summed E-state index contributed by atoms with van der Waals surface area (Å²) >= 11 is 0. The largest absolute Gasteiger partial charge is 0.319 e. The number of benzene rings is 1. The number of nitrogens with two attached hydrogens (primary N) is 1. The molecular formula is C16H25NO. The van der Waals surface area contributed by atoms with E-state index in [4.69, 9.17) is 5.73 Å². The Hall–Kier alpha value is -1.15. The fraction of sp³-hybridized carbons (Fsp3) is 0.562. The lowest BCUT2D eigenvalue weighted by Gasteiger charge is -2.24. The first-order valence-corrected chi connectivity index (χ1v) is 6.84. The van der Waals surface area contributed by atoms with Gasteiger partial charge in [0.1, 0.15) is 0 Å². The van der Waals surface area contributed by atoms with Gasteiger partial charge >= 0.3 is 0 Å². The van der Waals surface area contributed by atoms with Gasteiger partial charge in [-0.15, -0.1) is 0 Å². The van der Waals surface area contributed by atoms with Crippen LogP contribution in [0.3, 0.4) is 0 Å². The number of carbonyl (C=O) groups is 1. The Morgan fingerprint density at radius 2 is 1.67 bits per heavy atom. The van der Waals surface area contributed by atoms with Crippen LogP contribution in [0.2, 0.25) is 0 Å². The molecule has 1 rings (SSSR count). The summed E-state index contributed by atoms with van der Waals surface area (Å²) in [7, 11) is 0. The second kappa shape index (κ2) is 6.14. The summed E-state index contributed by atoms with van der Waals surface area (Å²) in [5, 5.41) is 0. The number of carbonyl (C=O) groups excluding carboxylic acids is 1. The Kier molecular flexibility index (Phi) is 5.09. The van der Waals surface area contributed by atoms with Crippen molar-refractivity contribution in [3.05, 3.63) is 35.4 Å². The fourth-order valence-electron chi connectivity index (χ4n) is 2.03. The molecule has 0 aliphatic carbocycles. The first kappa shape index (κ1) is 14.9. The zero-order valence-corrected chi connectivity index (χ0v) is 12.0. The molecule has 0 unspecified atom stereocenters. The summed E-state index contributed by atoms with van der Waals surface area (Å²) < 4.78 is 0. The van der Waals surface area contributed by atoms with Crippen LogP contribution in [0.15, 0.2) is 24.3 Å². The Morgan fingerprint density at radius 1 is 1.17 bits per heavy atom. The standard InChI is InChI=1S/C16H25NO/c1-5-16(17,6-2)15(18)11-13-7-9-14(10-8-13)12(3)4/h7-10,12H,5-6,11,17H2,1-4H3. The van der Waals surface area contributed by atoms with Gasteiger partial charge in [0.25, 0.3) is 0 Å². The van der Waals surface area contributed by atoms with Crippen LogP contribution in [-0.2, 0) is 11.2 Å². The molecule has 0 amide bonds. The van der Waals surface area contributed by atoms with Gasteiger partial charge in [-0.25, -0.2) is 0 Å². The second-order valence-corrected chi connectivity index (χ2v) is 5.36. The van der Waals surface area contributed by atoms with Crippen LogP contribution in [0.5, 0.6) is 0 Å². The monoisotopic (exact) mass is 247 g/mol. The van der Waals surface area contributed by atoms with Crippen LogP contribution >= 0.6 is 0 Å². The fourth-order valence-corrected chi connectivity index (χ4v) is 2.03. The highest BCUT2D eigenvalue weighted by Crippen LogP contribution is 2.18. The molecule has 0 aliphatic rings. The number of rotatable bonds is 6. The van der Waals surface area contributed by atoms with Crippen molar-refractivity contribution in [3.63, 3.8) is 0 Å². The summed E-state index contributed by atoms with van der Waals surface area (Å²) in [4.78, 5) is 12.2. The quantitative estimate of drug-likeness (QED) is 0.836. The normalized spacial score (nSPS) is 11.9. The predicted octanol–water partition coefficient (Wildman–Crippen LogP) is 3.44. The first-order chi connectivity index (χ1) is 8.42. The maximum absolute atomic E-state index is 12.2. The van der Waals surface area contributed by atoms with E-state index in [2.05, 4.69) is 26.0 Å². The lowest BCUT2D eigenvalue weighted by Crippen LogP contribution is -2.47. The molecule has 1 aromatic carbocycles. The zero-order chi connectivity index (χ0) is 13.8. The van der Waals surface area contributed by atoms with E-state index in [1.165, 1.54) is 5.56 Å². The predicted molar refractivity (Wildman–Crippen MR) is 76.7 cm³/mol. The average molecular weight is 247 g/mol. The van der Waals surface area contributed by atoms with Gasteiger partial charge in [0, 0.05) is 6.42 Å². The van der Waals surface area contributed by atoms with Gasteiger partial charge in [-0.3, -0.25) is 4.79 Å². The second-order valence-electron chi connectivity index (χ2n) is 5.36. The zero-order valence-electron chi connectivity index (χ0n) is 12.0. The lowest BCUT2D eigenvalue weighted by molar-refractivity contribution is -0.123. The molecule has 0 heterocycles. The van der Waals surface area contributed by atoms with E-state index >= 15 is 0 Å². The smallest absolute Gasteiger partial charge is 0.156 e. The van der Waals surface area contributed by atoms with Gasteiger partial charge in [-0.05, 0) is 29.9 Å². The number of Topliss-reactive ketones (excluding diaryl/α,β-unsaturated/α-hetero) is 1. The minimum absolute atomic E-state index is 0.143. The molecule has 0 aliphatic heterocycles. The Balaban J connectivity index is 2.76. The maximum Gasteiger partial charge on any atom is 0.156 e. The van der Waals surface area contributed by atoms with Crippen molar-refractivity contribution in [2.75, 3.05) is 0 Å². The average Bonchev–Trinajstić information content (AvgIpc) is 2.38. The molecule has 1 aromatic rings. The van der Waals surface area contributed by atoms with Gasteiger partial charge in [-0.2, -0.15) is 0 Å². The van der Waals surface area contributed by atoms with Crippen LogP contribution in [0.4, 0.5) is 0 Å². The molecule has 0 atom stereocenters. The summed E-state index contributed by atoms with van der Waals surface area (Å²) in [6, 6.07) is 8.28. The molecule has 2 nitrogen and oxygen atoms in total. The van der Waals surface area contributed by atoms with Crippen LogP contribution in [0.25, 0.3) is 0 Å². The minimum Gasteiger partial charge on any atom is -0.319 e. The molecular weight excluding hydrogens is 222 g/mol. The highest BCUT2D eigenvalue weighted by atomic mass is 16.1. The Bertz CT molecular complexity index is 388. The molecule has 0 spiro atoms. The van der Waals surface area contributed by atoms with Gasteiger partial charge in [0.05, 0.1) is 5.54 Å². The van der Waals surface area contributed by atoms with Crippen molar-refractivity contribution in [2.45, 2.75) is 58.4 Å². The molecule has 0 saturated carbocycles. The summed E-state index contributed by atoms with van der Waals surface area (Å²) in [5.41, 5.74) is 7.82. The molecule has 100 valence electrons. The topological polar surface area (TPSA) is 43.1 Å². The minimum atomic E-state index is -0.656. The van der Waals surface area contributed by atoms with Gasteiger partial charge < -0.3 is 5.73 Å². The third-order valence-electron chi connectivity index (χ3n) is 3.83. The van der Waals surface area contributed by atoms with Crippen molar-refractivity contribution in [3.8, 4) is 0 Å². The van der Waals surface area contributed by atoms with E-state index in [1.54, 1.807) is 0 Å². The van der Waals surface area contributed by atoms with Gasteiger partial charge in [0.2, 0.25) is 0 Å². The van der Waals surface area contributed by atoms with Crippen molar-refractivity contribution in [1.29, 1.82) is 0 Å². The van der Waals surface area contributed by atoms with E-state index in [0.29, 0.717) is 25.2 Å². The van der Waals surface area contributed by atoms with Crippen LogP contribution in [0, 0.1) is 0 Å². The van der Waals surface area contributed by atoms with Crippen molar-refractivity contribution in [2.24, 2.45) is 5.73 Å². The third-order valence-corrected chi connectivity index (χ3v) is 3.83. The Morgan fingerprint density at radius 3 is 2.06 bits per heavy atom. The van der Waals surface area contributed by atoms with Crippen LogP contribution in [0.1, 0.15) is 57.6 Å². The maximum atomic E-state index is 12.2. The lowest BCUT2D eigenvalue weighted by atomic mass is 9.86. The third kappa shape index (κ3) is 3.42. The molecule has 0 fully saturated rings. The van der Waals surface area contributed by atoms with Crippen molar-refractivity contribution < 1.29 is 4.79 Å². The van der Waals surface area contributed by atoms with Crippen LogP contribution in [-0.4, -0.2) is 11.3 Å². The Labute approximate surface area is 111 Å². The summed E-state index contributed by atoms with van der Waals surface area (Å²) in [6.45, 7) is 8.28. The molecule has 2 heteroatoms. The molecule has 18 heavy (non-hydrogen) atoms. The molecule has 2 N–H and O–H groups in total. The molecule has 0 bridgehead atoms.